The molecule has 1 heterocycles. The lowest BCUT2D eigenvalue weighted by Crippen LogP contribution is -2.30. The summed E-state index contributed by atoms with van der Waals surface area (Å²) in [7, 11) is -2.56. The van der Waals surface area contributed by atoms with Gasteiger partial charge in [0.2, 0.25) is 0 Å². The van der Waals surface area contributed by atoms with Crippen LogP contribution in [-0.2, 0) is 23.2 Å². The van der Waals surface area contributed by atoms with Gasteiger partial charge in [0.25, 0.3) is 15.9 Å². The largest absolute Gasteiger partial charge is 0.493 e. The van der Waals surface area contributed by atoms with Crippen LogP contribution in [0.5, 0.6) is 17.2 Å². The minimum absolute atomic E-state index is 0.00463. The molecule has 0 radical (unpaired) electrons. The van der Waals surface area contributed by atoms with Crippen LogP contribution < -0.4 is 18.9 Å². The lowest BCUT2D eigenvalue weighted by atomic mass is 10.2. The minimum atomic E-state index is -4.01. The quantitative estimate of drug-likeness (QED) is 0.242. The second-order valence-corrected chi connectivity index (χ2v) is 10.5. The second-order valence-electron chi connectivity index (χ2n) is 8.83. The molecule has 0 saturated heterocycles. The molecule has 0 aliphatic rings. The van der Waals surface area contributed by atoms with Crippen molar-refractivity contribution in [2.45, 2.75) is 18.1 Å². The van der Waals surface area contributed by atoms with Gasteiger partial charge in [-0.05, 0) is 60.2 Å². The molecule has 202 valence electrons. The summed E-state index contributed by atoms with van der Waals surface area (Å²) in [6.45, 7) is 0.544. The van der Waals surface area contributed by atoms with Crippen molar-refractivity contribution in [3.63, 3.8) is 0 Å². The van der Waals surface area contributed by atoms with Crippen LogP contribution in [0.25, 0.3) is 10.9 Å². The standard InChI is InChI=1S/C31H26N2O6S/c1-37-30-19-24(31(34)33-40(35,36)27-11-3-2-4-12-27)15-17-29(30)39-20-22-8-7-10-26(18-22)38-21-25-16-14-23-9-5-6-13-28(23)32-25/h2-19H,20-21H2,1H3,(H,33,34). The summed E-state index contributed by atoms with van der Waals surface area (Å²) < 4.78 is 44.4. The van der Waals surface area contributed by atoms with Crippen LogP contribution in [0.3, 0.4) is 0 Å². The van der Waals surface area contributed by atoms with E-state index in [1.807, 2.05) is 60.7 Å². The van der Waals surface area contributed by atoms with Gasteiger partial charge in [-0.15, -0.1) is 0 Å². The van der Waals surface area contributed by atoms with E-state index in [1.54, 1.807) is 24.3 Å². The third-order valence-electron chi connectivity index (χ3n) is 6.04. The van der Waals surface area contributed by atoms with E-state index in [1.165, 1.54) is 31.4 Å². The Labute approximate surface area is 232 Å². The number of carbonyl (C=O) groups is 1. The highest BCUT2D eigenvalue weighted by atomic mass is 32.2. The second kappa shape index (κ2) is 11.9. The number of sulfonamides is 1. The molecule has 0 aliphatic carbocycles. The number of methoxy groups -OCH3 is 1. The molecule has 1 amide bonds. The summed E-state index contributed by atoms with van der Waals surface area (Å²) in [5.74, 6) is 0.588. The van der Waals surface area contributed by atoms with Crippen LogP contribution in [0, 0.1) is 0 Å². The number of hydrogen-bond acceptors (Lipinski definition) is 7. The first-order valence-electron chi connectivity index (χ1n) is 12.4. The zero-order chi connectivity index (χ0) is 28.0. The highest BCUT2D eigenvalue weighted by molar-refractivity contribution is 7.90. The molecule has 0 spiro atoms. The van der Waals surface area contributed by atoms with Gasteiger partial charge >= 0.3 is 0 Å². The molecule has 8 nitrogen and oxygen atoms in total. The highest BCUT2D eigenvalue weighted by Gasteiger charge is 2.19. The summed E-state index contributed by atoms with van der Waals surface area (Å²) in [5, 5.41) is 1.08. The molecule has 5 rings (SSSR count). The van der Waals surface area contributed by atoms with E-state index < -0.39 is 15.9 Å². The Hall–Kier alpha value is -4.89. The summed E-state index contributed by atoms with van der Waals surface area (Å²) in [5.41, 5.74) is 2.72. The average Bonchev–Trinajstić information content (AvgIpc) is 2.99. The van der Waals surface area contributed by atoms with Crippen LogP contribution in [0.4, 0.5) is 0 Å². The Kier molecular flexibility index (Phi) is 7.93. The van der Waals surface area contributed by atoms with E-state index in [-0.39, 0.29) is 17.1 Å². The number of ether oxygens (including phenoxy) is 3. The fourth-order valence-corrected chi connectivity index (χ4v) is 4.99. The molecular formula is C31H26N2O6S. The predicted octanol–water partition coefficient (Wildman–Crippen LogP) is 5.52. The number of nitrogens with one attached hydrogen (secondary N) is 1. The van der Waals surface area contributed by atoms with E-state index in [4.69, 9.17) is 14.2 Å². The Morgan fingerprint density at radius 3 is 2.40 bits per heavy atom. The van der Waals surface area contributed by atoms with Gasteiger partial charge in [-0.3, -0.25) is 4.79 Å². The van der Waals surface area contributed by atoms with Crippen LogP contribution in [0.2, 0.25) is 0 Å². The lowest BCUT2D eigenvalue weighted by Gasteiger charge is -2.13. The zero-order valence-corrected chi connectivity index (χ0v) is 22.4. The number of pyridine rings is 1. The summed E-state index contributed by atoms with van der Waals surface area (Å²) >= 11 is 0. The maximum Gasteiger partial charge on any atom is 0.265 e. The van der Waals surface area contributed by atoms with Gasteiger partial charge in [0.15, 0.2) is 11.5 Å². The molecule has 1 aromatic heterocycles. The van der Waals surface area contributed by atoms with Crippen molar-refractivity contribution in [1.82, 2.24) is 9.71 Å². The van der Waals surface area contributed by atoms with Crippen molar-refractivity contribution in [2.75, 3.05) is 7.11 Å². The molecule has 1 N–H and O–H groups in total. The normalized spacial score (nSPS) is 11.1. The van der Waals surface area contributed by atoms with Gasteiger partial charge in [-0.25, -0.2) is 18.1 Å². The Morgan fingerprint density at radius 1 is 0.775 bits per heavy atom. The third-order valence-corrected chi connectivity index (χ3v) is 7.39. The monoisotopic (exact) mass is 554 g/mol. The predicted molar refractivity (Wildman–Crippen MR) is 151 cm³/mol. The van der Waals surface area contributed by atoms with Gasteiger partial charge in [0.05, 0.1) is 23.2 Å². The molecule has 0 saturated carbocycles. The lowest BCUT2D eigenvalue weighted by molar-refractivity contribution is 0.0981. The number of benzene rings is 4. The van der Waals surface area contributed by atoms with Crippen molar-refractivity contribution in [3.05, 3.63) is 126 Å². The summed E-state index contributed by atoms with van der Waals surface area (Å²) in [6, 6.07) is 31.6. The summed E-state index contributed by atoms with van der Waals surface area (Å²) in [4.78, 5) is 17.3. The van der Waals surface area contributed by atoms with Crippen LogP contribution in [0.1, 0.15) is 21.6 Å². The molecule has 0 bridgehead atoms. The molecule has 0 fully saturated rings. The first-order chi connectivity index (χ1) is 19.4. The minimum Gasteiger partial charge on any atom is -0.493 e. The highest BCUT2D eigenvalue weighted by Crippen LogP contribution is 2.29. The van der Waals surface area contributed by atoms with Crippen molar-refractivity contribution < 1.29 is 27.4 Å². The SMILES string of the molecule is COc1cc(C(=O)NS(=O)(=O)c2ccccc2)ccc1OCc1cccc(OCc2ccc3ccccc3n2)c1. The van der Waals surface area contributed by atoms with Gasteiger partial charge in [-0.1, -0.05) is 54.6 Å². The van der Waals surface area contributed by atoms with E-state index in [0.717, 1.165) is 22.2 Å². The van der Waals surface area contributed by atoms with E-state index in [9.17, 15) is 13.2 Å². The third kappa shape index (κ3) is 6.39. The number of aromatic nitrogens is 1. The van der Waals surface area contributed by atoms with Crippen LogP contribution in [0.15, 0.2) is 114 Å². The fraction of sp³-hybridized carbons (Fsp3) is 0.0968. The van der Waals surface area contributed by atoms with E-state index >= 15 is 0 Å². The van der Waals surface area contributed by atoms with Crippen molar-refractivity contribution >= 4 is 26.8 Å². The van der Waals surface area contributed by atoms with E-state index in [2.05, 4.69) is 9.71 Å². The van der Waals surface area contributed by atoms with Crippen molar-refractivity contribution in [1.29, 1.82) is 0 Å². The first kappa shape index (κ1) is 26.7. The number of para-hydroxylation sites is 1. The zero-order valence-electron chi connectivity index (χ0n) is 21.6. The van der Waals surface area contributed by atoms with Gasteiger partial charge in [-0.2, -0.15) is 0 Å². The van der Waals surface area contributed by atoms with Gasteiger partial charge in [0, 0.05) is 10.9 Å². The number of amides is 1. The van der Waals surface area contributed by atoms with Crippen molar-refractivity contribution in [3.8, 4) is 17.2 Å². The maximum atomic E-state index is 12.7. The van der Waals surface area contributed by atoms with Crippen LogP contribution in [-0.4, -0.2) is 26.4 Å². The summed E-state index contributed by atoms with van der Waals surface area (Å²) in [6.07, 6.45) is 0. The molecule has 0 aliphatic heterocycles. The molecule has 40 heavy (non-hydrogen) atoms. The first-order valence-corrected chi connectivity index (χ1v) is 13.9. The molecule has 0 unspecified atom stereocenters. The number of fused-ring (bicyclic) bond motifs is 1. The number of hydrogen-bond donors (Lipinski definition) is 1. The topological polar surface area (TPSA) is 104 Å². The molecule has 9 heteroatoms. The Morgan fingerprint density at radius 2 is 1.57 bits per heavy atom. The Bertz CT molecular complexity index is 1760. The van der Waals surface area contributed by atoms with E-state index in [0.29, 0.717) is 23.9 Å². The number of rotatable bonds is 10. The number of nitrogens with zero attached hydrogens (tertiary/aromatic N) is 1. The van der Waals surface area contributed by atoms with Crippen LogP contribution >= 0.6 is 0 Å². The maximum absolute atomic E-state index is 12.7. The molecule has 4 aromatic carbocycles. The number of carbonyl (C=O) groups excluding carboxylic acids is 1. The molecule has 5 aromatic rings. The van der Waals surface area contributed by atoms with Gasteiger partial charge < -0.3 is 14.2 Å². The Balaban J connectivity index is 1.21. The molecule has 0 atom stereocenters. The average molecular weight is 555 g/mol. The van der Waals surface area contributed by atoms with Crippen molar-refractivity contribution in [2.24, 2.45) is 0 Å². The van der Waals surface area contributed by atoms with Gasteiger partial charge in [0.1, 0.15) is 19.0 Å². The smallest absolute Gasteiger partial charge is 0.265 e. The molecular weight excluding hydrogens is 528 g/mol. The fourth-order valence-electron chi connectivity index (χ4n) is 4.00.